The highest BCUT2D eigenvalue weighted by Crippen LogP contribution is 2.19. The van der Waals surface area contributed by atoms with Gasteiger partial charge in [-0.25, -0.2) is 4.79 Å². The van der Waals surface area contributed by atoms with E-state index in [2.05, 4.69) is 5.32 Å². The molecule has 0 atom stereocenters. The molecule has 0 unspecified atom stereocenters. The minimum atomic E-state index is -1.16. The standard InChI is InChI=1S/C9H10N2O3.C8H7NO4/c1-6-3-4-7(9(12)10-2)5-8(6)11(13)14;1-5-2-3-6(8(10)11)4-7(5)9(12)13/h3-5H,1-2H3,(H,10,12);2-4H,1H3,(H,10,11). The average Bonchev–Trinajstić information content (AvgIpc) is 2.61. The lowest BCUT2D eigenvalue weighted by Crippen LogP contribution is -2.17. The van der Waals surface area contributed by atoms with Crippen LogP contribution in [0.1, 0.15) is 31.8 Å². The fraction of sp³-hybridized carbons (Fsp3) is 0.176. The molecule has 0 spiro atoms. The summed E-state index contributed by atoms with van der Waals surface area (Å²) in [6, 6.07) is 8.20. The molecule has 0 saturated carbocycles. The fourth-order valence-electron chi connectivity index (χ4n) is 2.03. The highest BCUT2D eigenvalue weighted by Gasteiger charge is 2.14. The average molecular weight is 375 g/mol. The van der Waals surface area contributed by atoms with Crippen LogP contribution in [-0.4, -0.2) is 33.9 Å². The molecule has 2 N–H and O–H groups in total. The Labute approximate surface area is 153 Å². The van der Waals surface area contributed by atoms with E-state index in [9.17, 15) is 29.8 Å². The van der Waals surface area contributed by atoms with Gasteiger partial charge in [0.05, 0.1) is 15.4 Å². The molecule has 0 fully saturated rings. The van der Waals surface area contributed by atoms with Crippen LogP contribution in [0, 0.1) is 34.1 Å². The molecule has 27 heavy (non-hydrogen) atoms. The van der Waals surface area contributed by atoms with Gasteiger partial charge in [0.1, 0.15) is 0 Å². The van der Waals surface area contributed by atoms with Gasteiger partial charge in [-0.3, -0.25) is 25.0 Å². The molecule has 1 amide bonds. The molecule has 0 bridgehead atoms. The largest absolute Gasteiger partial charge is 0.478 e. The van der Waals surface area contributed by atoms with Crippen molar-refractivity contribution in [3.8, 4) is 0 Å². The third kappa shape index (κ3) is 5.59. The third-order valence-electron chi connectivity index (χ3n) is 3.55. The summed E-state index contributed by atoms with van der Waals surface area (Å²) in [4.78, 5) is 41.5. The summed E-state index contributed by atoms with van der Waals surface area (Å²) in [6.07, 6.45) is 0. The van der Waals surface area contributed by atoms with E-state index in [-0.39, 0.29) is 22.8 Å². The van der Waals surface area contributed by atoms with Gasteiger partial charge in [-0.2, -0.15) is 0 Å². The lowest BCUT2D eigenvalue weighted by Gasteiger charge is -2.01. The molecule has 0 radical (unpaired) electrons. The topological polar surface area (TPSA) is 153 Å². The summed E-state index contributed by atoms with van der Waals surface area (Å²) in [7, 11) is 1.48. The second kappa shape index (κ2) is 9.04. The number of aryl methyl sites for hydroxylation is 2. The van der Waals surface area contributed by atoms with E-state index in [1.807, 2.05) is 0 Å². The number of carboxylic acids is 1. The van der Waals surface area contributed by atoms with Crippen molar-refractivity contribution in [1.29, 1.82) is 0 Å². The van der Waals surface area contributed by atoms with Crippen molar-refractivity contribution in [1.82, 2.24) is 5.32 Å². The highest BCUT2D eigenvalue weighted by molar-refractivity contribution is 5.94. The third-order valence-corrected chi connectivity index (χ3v) is 3.55. The van der Waals surface area contributed by atoms with E-state index < -0.39 is 15.8 Å². The Morgan fingerprint density at radius 3 is 1.67 bits per heavy atom. The Kier molecular flexibility index (Phi) is 7.10. The van der Waals surface area contributed by atoms with Crippen LogP contribution in [0.4, 0.5) is 11.4 Å². The Morgan fingerprint density at radius 2 is 1.30 bits per heavy atom. The van der Waals surface area contributed by atoms with Crippen LogP contribution in [0.3, 0.4) is 0 Å². The van der Waals surface area contributed by atoms with E-state index >= 15 is 0 Å². The second-order valence-corrected chi connectivity index (χ2v) is 5.40. The molecule has 0 aliphatic rings. The van der Waals surface area contributed by atoms with Crippen LogP contribution in [0.25, 0.3) is 0 Å². The number of nitro groups is 2. The Bertz CT molecular complexity index is 909. The number of rotatable bonds is 4. The molecule has 142 valence electrons. The molecular formula is C17H17N3O7. The van der Waals surface area contributed by atoms with E-state index in [1.54, 1.807) is 26.0 Å². The van der Waals surface area contributed by atoms with Gasteiger partial charge in [0, 0.05) is 35.9 Å². The summed E-state index contributed by atoms with van der Waals surface area (Å²) in [5.41, 5.74) is 1.02. The van der Waals surface area contributed by atoms with Crippen molar-refractivity contribution in [3.05, 3.63) is 78.9 Å². The molecule has 0 saturated heterocycles. The van der Waals surface area contributed by atoms with Gasteiger partial charge >= 0.3 is 5.97 Å². The molecule has 0 aromatic heterocycles. The smallest absolute Gasteiger partial charge is 0.335 e. The van der Waals surface area contributed by atoms with Crippen molar-refractivity contribution in [3.63, 3.8) is 0 Å². The van der Waals surface area contributed by atoms with Crippen molar-refractivity contribution in [2.24, 2.45) is 0 Å². The van der Waals surface area contributed by atoms with Crippen LogP contribution in [-0.2, 0) is 0 Å². The fourth-order valence-corrected chi connectivity index (χ4v) is 2.03. The van der Waals surface area contributed by atoms with E-state index in [0.717, 1.165) is 6.07 Å². The summed E-state index contributed by atoms with van der Waals surface area (Å²) in [5, 5.41) is 31.9. The van der Waals surface area contributed by atoms with Gasteiger partial charge in [0.2, 0.25) is 0 Å². The van der Waals surface area contributed by atoms with Gasteiger partial charge in [-0.05, 0) is 26.0 Å². The van der Waals surface area contributed by atoms with Gasteiger partial charge in [0.25, 0.3) is 17.3 Å². The number of carboxylic acid groups (broad SMARTS) is 1. The summed E-state index contributed by atoms with van der Waals surface area (Å²) in [6.45, 7) is 3.19. The minimum Gasteiger partial charge on any atom is -0.478 e. The zero-order valence-electron chi connectivity index (χ0n) is 14.8. The van der Waals surface area contributed by atoms with Crippen LogP contribution in [0.15, 0.2) is 36.4 Å². The zero-order valence-corrected chi connectivity index (χ0v) is 14.8. The molecular weight excluding hydrogens is 358 g/mol. The first kappa shape index (κ1) is 21.2. The first-order valence-corrected chi connectivity index (χ1v) is 7.54. The number of hydrogen-bond donors (Lipinski definition) is 2. The number of carbonyl (C=O) groups is 2. The van der Waals surface area contributed by atoms with Crippen molar-refractivity contribution in [2.75, 3.05) is 7.05 Å². The Hall–Kier alpha value is -3.82. The number of hydrogen-bond acceptors (Lipinski definition) is 6. The normalized spacial score (nSPS) is 9.59. The van der Waals surface area contributed by atoms with E-state index in [1.165, 1.54) is 25.2 Å². The number of aromatic carboxylic acids is 1. The van der Waals surface area contributed by atoms with Crippen molar-refractivity contribution in [2.45, 2.75) is 13.8 Å². The molecule has 0 heterocycles. The number of nitrogens with one attached hydrogen (secondary N) is 1. The van der Waals surface area contributed by atoms with E-state index in [0.29, 0.717) is 16.7 Å². The maximum absolute atomic E-state index is 11.2. The lowest BCUT2D eigenvalue weighted by atomic mass is 10.1. The van der Waals surface area contributed by atoms with Crippen LogP contribution in [0.5, 0.6) is 0 Å². The molecule has 2 rings (SSSR count). The predicted octanol–water partition coefficient (Wildman–Crippen LogP) is 2.86. The number of nitro benzene ring substituents is 2. The molecule has 2 aromatic carbocycles. The Morgan fingerprint density at radius 1 is 0.889 bits per heavy atom. The van der Waals surface area contributed by atoms with Gasteiger partial charge in [0.15, 0.2) is 0 Å². The first-order chi connectivity index (χ1) is 12.6. The number of benzene rings is 2. The zero-order chi connectivity index (χ0) is 20.7. The maximum Gasteiger partial charge on any atom is 0.335 e. The van der Waals surface area contributed by atoms with Crippen molar-refractivity contribution >= 4 is 23.3 Å². The van der Waals surface area contributed by atoms with Crippen LogP contribution in [0.2, 0.25) is 0 Å². The van der Waals surface area contributed by atoms with Gasteiger partial charge < -0.3 is 10.4 Å². The first-order valence-electron chi connectivity index (χ1n) is 7.54. The minimum absolute atomic E-state index is 0.0360. The van der Waals surface area contributed by atoms with Gasteiger partial charge in [-0.1, -0.05) is 12.1 Å². The number of carbonyl (C=O) groups excluding carboxylic acids is 1. The van der Waals surface area contributed by atoms with Crippen LogP contribution >= 0.6 is 0 Å². The maximum atomic E-state index is 11.2. The quantitative estimate of drug-likeness (QED) is 0.615. The molecule has 2 aromatic rings. The molecule has 0 aliphatic heterocycles. The predicted molar refractivity (Wildman–Crippen MR) is 96.0 cm³/mol. The van der Waals surface area contributed by atoms with Crippen molar-refractivity contribution < 1.29 is 24.5 Å². The Balaban J connectivity index is 0.000000271. The molecule has 10 nitrogen and oxygen atoms in total. The van der Waals surface area contributed by atoms with Crippen LogP contribution < -0.4 is 5.32 Å². The SMILES string of the molecule is CNC(=O)c1ccc(C)c([N+](=O)[O-])c1.Cc1ccc(C(=O)O)cc1[N+](=O)[O-]. The van der Waals surface area contributed by atoms with Gasteiger partial charge in [-0.15, -0.1) is 0 Å². The highest BCUT2D eigenvalue weighted by atomic mass is 16.6. The summed E-state index contributed by atoms with van der Waals surface area (Å²) in [5.74, 6) is -1.49. The summed E-state index contributed by atoms with van der Waals surface area (Å²) < 4.78 is 0. The number of amides is 1. The molecule has 10 heteroatoms. The second-order valence-electron chi connectivity index (χ2n) is 5.40. The summed E-state index contributed by atoms with van der Waals surface area (Å²) >= 11 is 0. The van der Waals surface area contributed by atoms with E-state index in [4.69, 9.17) is 5.11 Å². The molecule has 0 aliphatic carbocycles. The monoisotopic (exact) mass is 375 g/mol. The number of nitrogens with zero attached hydrogens (tertiary/aromatic N) is 2. The lowest BCUT2D eigenvalue weighted by molar-refractivity contribution is -0.385.